The van der Waals surface area contributed by atoms with Crippen LogP contribution < -0.4 is 10.6 Å². The monoisotopic (exact) mass is 424 g/mol. The van der Waals surface area contributed by atoms with E-state index in [1.807, 2.05) is 24.3 Å². The molecule has 144 valence electrons. The van der Waals surface area contributed by atoms with Crippen molar-refractivity contribution < 1.29 is 9.53 Å². The van der Waals surface area contributed by atoms with Gasteiger partial charge in [-0.3, -0.25) is 9.79 Å². The number of guanidine groups is 1. The molecule has 2 N–H and O–H groups in total. The molecule has 2 rings (SSSR count). The number of ether oxygens (including phenoxy) is 1. The van der Waals surface area contributed by atoms with Gasteiger partial charge in [0.25, 0.3) is 5.91 Å². The van der Waals surface area contributed by atoms with Crippen molar-refractivity contribution >= 4 is 27.8 Å². The van der Waals surface area contributed by atoms with Crippen LogP contribution in [-0.4, -0.2) is 63.2 Å². The van der Waals surface area contributed by atoms with Crippen LogP contribution in [0, 0.1) is 5.92 Å². The van der Waals surface area contributed by atoms with E-state index in [2.05, 4.69) is 50.4 Å². The number of hydrogen-bond donors (Lipinski definition) is 2. The smallest absolute Gasteiger partial charge is 0.251 e. The Kier molecular flexibility index (Phi) is 8.91. The molecule has 1 aromatic carbocycles. The molecule has 0 aliphatic carbocycles. The molecule has 6 nitrogen and oxygen atoms in total. The third-order valence-corrected chi connectivity index (χ3v) is 4.71. The lowest BCUT2D eigenvalue weighted by Crippen LogP contribution is -2.41. The summed E-state index contributed by atoms with van der Waals surface area (Å²) >= 11 is 3.38. The lowest BCUT2D eigenvalue weighted by Gasteiger charge is -2.24. The molecule has 1 heterocycles. The first kappa shape index (κ1) is 20.7. The summed E-state index contributed by atoms with van der Waals surface area (Å²) in [6, 6.07) is 7.39. The maximum atomic E-state index is 12.1. The Morgan fingerprint density at radius 2 is 2.27 bits per heavy atom. The highest BCUT2D eigenvalue weighted by atomic mass is 79.9. The number of nitrogens with one attached hydrogen (secondary N) is 2. The SMILES string of the molecule is CCNC(=NCCCNC(=O)c1cccc(Br)c1)N(C)CC1CCOC1. The molecule has 0 bridgehead atoms. The Morgan fingerprint density at radius 3 is 2.96 bits per heavy atom. The number of hydrogen-bond acceptors (Lipinski definition) is 3. The Morgan fingerprint density at radius 1 is 1.42 bits per heavy atom. The number of carbonyl (C=O) groups excluding carboxylic acids is 1. The number of benzene rings is 1. The zero-order chi connectivity index (χ0) is 18.8. The van der Waals surface area contributed by atoms with Crippen LogP contribution in [0.4, 0.5) is 0 Å². The first-order valence-electron chi connectivity index (χ1n) is 9.21. The molecule has 0 aromatic heterocycles. The fourth-order valence-corrected chi connectivity index (χ4v) is 3.27. The predicted molar refractivity (Wildman–Crippen MR) is 109 cm³/mol. The number of rotatable bonds is 8. The summed E-state index contributed by atoms with van der Waals surface area (Å²) < 4.78 is 6.35. The third-order valence-electron chi connectivity index (χ3n) is 4.22. The van der Waals surface area contributed by atoms with Gasteiger partial charge in [-0.25, -0.2) is 0 Å². The van der Waals surface area contributed by atoms with Gasteiger partial charge < -0.3 is 20.3 Å². The molecule has 26 heavy (non-hydrogen) atoms. The summed E-state index contributed by atoms with van der Waals surface area (Å²) in [5, 5.41) is 6.27. The van der Waals surface area contributed by atoms with Crippen molar-refractivity contribution in [1.29, 1.82) is 0 Å². The van der Waals surface area contributed by atoms with Gasteiger partial charge in [0.2, 0.25) is 0 Å². The van der Waals surface area contributed by atoms with Gasteiger partial charge in [-0.05, 0) is 38.0 Å². The second-order valence-corrected chi connectivity index (χ2v) is 7.38. The molecular formula is C19H29BrN4O2. The highest BCUT2D eigenvalue weighted by molar-refractivity contribution is 9.10. The predicted octanol–water partition coefficient (Wildman–Crippen LogP) is 2.50. The molecule has 1 amide bonds. The van der Waals surface area contributed by atoms with Gasteiger partial charge in [-0.1, -0.05) is 22.0 Å². The van der Waals surface area contributed by atoms with Crippen molar-refractivity contribution in [1.82, 2.24) is 15.5 Å². The Hall–Kier alpha value is -1.60. The van der Waals surface area contributed by atoms with E-state index in [9.17, 15) is 4.79 Å². The molecule has 0 saturated carbocycles. The lowest BCUT2D eigenvalue weighted by atomic mass is 10.1. The maximum absolute atomic E-state index is 12.1. The van der Waals surface area contributed by atoms with Gasteiger partial charge in [-0.15, -0.1) is 0 Å². The van der Waals surface area contributed by atoms with Crippen LogP contribution >= 0.6 is 15.9 Å². The molecule has 0 spiro atoms. The van der Waals surface area contributed by atoms with E-state index in [4.69, 9.17) is 4.74 Å². The molecule has 1 saturated heterocycles. The average Bonchev–Trinajstić information content (AvgIpc) is 3.13. The standard InChI is InChI=1S/C19H29BrN4O2/c1-3-21-19(24(2)13-15-8-11-26-14-15)23-10-5-9-22-18(25)16-6-4-7-17(20)12-16/h4,6-7,12,15H,3,5,8-11,13-14H2,1-2H3,(H,21,23)(H,22,25). The van der Waals surface area contributed by atoms with Crippen LogP contribution in [0.5, 0.6) is 0 Å². The van der Waals surface area contributed by atoms with Crippen LogP contribution in [0.1, 0.15) is 30.1 Å². The van der Waals surface area contributed by atoms with Crippen LogP contribution in [0.2, 0.25) is 0 Å². The summed E-state index contributed by atoms with van der Waals surface area (Å²) in [6.07, 6.45) is 1.92. The minimum atomic E-state index is -0.0551. The van der Waals surface area contributed by atoms with E-state index in [0.29, 0.717) is 24.6 Å². The van der Waals surface area contributed by atoms with Crippen LogP contribution in [0.25, 0.3) is 0 Å². The number of halogens is 1. The molecule has 1 aromatic rings. The topological polar surface area (TPSA) is 66.0 Å². The van der Waals surface area contributed by atoms with Crippen LogP contribution in [0.15, 0.2) is 33.7 Å². The van der Waals surface area contributed by atoms with Crippen molar-refractivity contribution in [3.05, 3.63) is 34.3 Å². The van der Waals surface area contributed by atoms with E-state index < -0.39 is 0 Å². The van der Waals surface area contributed by atoms with Crippen molar-refractivity contribution in [2.45, 2.75) is 19.8 Å². The second-order valence-electron chi connectivity index (χ2n) is 6.47. The van der Waals surface area contributed by atoms with E-state index in [1.54, 1.807) is 0 Å². The molecule has 1 atom stereocenters. The summed E-state index contributed by atoms with van der Waals surface area (Å²) in [5.74, 6) is 1.44. The second kappa shape index (κ2) is 11.2. The summed E-state index contributed by atoms with van der Waals surface area (Å²) in [6.45, 7) is 6.84. The Labute approximate surface area is 164 Å². The van der Waals surface area contributed by atoms with Gasteiger partial charge in [0.05, 0.1) is 6.61 Å². The van der Waals surface area contributed by atoms with Gasteiger partial charge >= 0.3 is 0 Å². The quantitative estimate of drug-likeness (QED) is 0.382. The first-order valence-corrected chi connectivity index (χ1v) is 10.0. The normalized spacial score (nSPS) is 17.2. The fourth-order valence-electron chi connectivity index (χ4n) is 2.87. The fraction of sp³-hybridized carbons (Fsp3) is 0.579. The lowest BCUT2D eigenvalue weighted by molar-refractivity contribution is 0.0953. The average molecular weight is 425 g/mol. The third kappa shape index (κ3) is 6.96. The molecule has 1 fully saturated rings. The Balaban J connectivity index is 1.74. The minimum Gasteiger partial charge on any atom is -0.381 e. The Bertz CT molecular complexity index is 603. The first-order chi connectivity index (χ1) is 12.6. The summed E-state index contributed by atoms with van der Waals surface area (Å²) in [5.41, 5.74) is 0.662. The van der Waals surface area contributed by atoms with Gasteiger partial charge in [0, 0.05) is 55.8 Å². The van der Waals surface area contributed by atoms with Crippen LogP contribution in [0.3, 0.4) is 0 Å². The van der Waals surface area contributed by atoms with Crippen molar-refractivity contribution in [2.24, 2.45) is 10.9 Å². The van der Waals surface area contributed by atoms with Gasteiger partial charge in [-0.2, -0.15) is 0 Å². The zero-order valence-corrected chi connectivity index (χ0v) is 17.2. The summed E-state index contributed by atoms with van der Waals surface area (Å²) in [7, 11) is 2.06. The highest BCUT2D eigenvalue weighted by Crippen LogP contribution is 2.13. The molecule has 0 radical (unpaired) electrons. The molecule has 7 heteroatoms. The minimum absolute atomic E-state index is 0.0551. The van der Waals surface area contributed by atoms with Gasteiger partial charge in [0.15, 0.2) is 5.96 Å². The van der Waals surface area contributed by atoms with E-state index in [0.717, 1.165) is 49.6 Å². The number of nitrogens with zero attached hydrogens (tertiary/aromatic N) is 2. The maximum Gasteiger partial charge on any atom is 0.251 e. The van der Waals surface area contributed by atoms with Crippen molar-refractivity contribution in [3.63, 3.8) is 0 Å². The number of aliphatic imine (C=N–C) groups is 1. The zero-order valence-electron chi connectivity index (χ0n) is 15.6. The number of amides is 1. The molecule has 1 unspecified atom stereocenters. The van der Waals surface area contributed by atoms with Crippen LogP contribution in [-0.2, 0) is 4.74 Å². The number of carbonyl (C=O) groups is 1. The van der Waals surface area contributed by atoms with Crippen molar-refractivity contribution in [3.8, 4) is 0 Å². The molecule has 1 aliphatic rings. The molecular weight excluding hydrogens is 396 g/mol. The summed E-state index contributed by atoms with van der Waals surface area (Å²) in [4.78, 5) is 18.9. The van der Waals surface area contributed by atoms with E-state index >= 15 is 0 Å². The highest BCUT2D eigenvalue weighted by Gasteiger charge is 2.18. The van der Waals surface area contributed by atoms with Gasteiger partial charge in [0.1, 0.15) is 0 Å². The van der Waals surface area contributed by atoms with E-state index in [1.165, 1.54) is 0 Å². The van der Waals surface area contributed by atoms with E-state index in [-0.39, 0.29) is 5.91 Å². The molecule has 1 aliphatic heterocycles. The largest absolute Gasteiger partial charge is 0.381 e. The van der Waals surface area contributed by atoms with Crippen molar-refractivity contribution in [2.75, 3.05) is 46.4 Å².